The average molecular weight is 948 g/mol. The van der Waals surface area contributed by atoms with Crippen LogP contribution in [-0.2, 0) is 14.9 Å². The van der Waals surface area contributed by atoms with E-state index in [1.54, 1.807) is 67.8 Å². The fourth-order valence-corrected chi connectivity index (χ4v) is 7.09. The van der Waals surface area contributed by atoms with E-state index in [0.29, 0.717) is 20.0 Å². The molecule has 0 radical (unpaired) electrons. The SMILES string of the molecule is O=C(NC(C(F)(F)F)C(F)(F)S(=O)(=O)[O-])c1c(I)c(I)c(I)c(I)c1C(=O)OC1CCCC1. The van der Waals surface area contributed by atoms with Crippen molar-refractivity contribution in [1.82, 2.24) is 5.32 Å². The molecule has 2 rings (SSSR count). The van der Waals surface area contributed by atoms with Crippen molar-refractivity contribution in [3.8, 4) is 0 Å². The number of rotatable bonds is 6. The number of hydrogen-bond acceptors (Lipinski definition) is 6. The molecule has 0 aromatic heterocycles. The zero-order valence-corrected chi connectivity index (χ0v) is 25.2. The smallest absolute Gasteiger partial charge is 0.415 e. The van der Waals surface area contributed by atoms with Crippen molar-refractivity contribution in [2.24, 2.45) is 0 Å². The van der Waals surface area contributed by atoms with E-state index in [4.69, 9.17) is 4.74 Å². The first-order valence-electron chi connectivity index (χ1n) is 8.69. The Morgan fingerprint density at radius 3 is 1.82 bits per heavy atom. The minimum Gasteiger partial charge on any atom is -0.743 e. The molecule has 1 saturated carbocycles. The predicted molar refractivity (Wildman–Crippen MR) is 137 cm³/mol. The van der Waals surface area contributed by atoms with Gasteiger partial charge in [0.25, 0.3) is 5.91 Å². The molecule has 1 aliphatic rings. The van der Waals surface area contributed by atoms with Crippen LogP contribution in [0.3, 0.4) is 0 Å². The van der Waals surface area contributed by atoms with Gasteiger partial charge in [0.2, 0.25) is 6.04 Å². The molecule has 0 saturated heterocycles. The molecule has 1 atom stereocenters. The standard InChI is InChI=1S/C16H12F5I4NO6S/c17-15(18,19)14(16(20,21)33(29,30)31)26-12(27)6-7(9(23)11(25)10(24)8(6)22)13(28)32-5-3-1-2-4-5/h5,14H,1-4H2,(H,26,27)(H,29,30,31)/p-1. The van der Waals surface area contributed by atoms with Crippen LogP contribution in [0.4, 0.5) is 22.0 Å². The molecular formula is C16H11F5I4NO6S-. The lowest BCUT2D eigenvalue weighted by Gasteiger charge is -2.31. The molecule has 1 amide bonds. The number of esters is 1. The number of halogens is 9. The molecule has 1 aliphatic carbocycles. The van der Waals surface area contributed by atoms with Crippen LogP contribution in [-0.4, -0.2) is 48.4 Å². The number of ether oxygens (including phenoxy) is 1. The minimum absolute atomic E-state index is 0.0388. The first-order valence-corrected chi connectivity index (χ1v) is 14.4. The second kappa shape index (κ2) is 10.9. The number of carbonyl (C=O) groups is 2. The largest absolute Gasteiger partial charge is 0.743 e. The van der Waals surface area contributed by atoms with E-state index in [1.807, 2.05) is 22.6 Å². The quantitative estimate of drug-likeness (QED) is 0.107. The molecule has 33 heavy (non-hydrogen) atoms. The second-order valence-electron chi connectivity index (χ2n) is 6.78. The van der Waals surface area contributed by atoms with E-state index in [2.05, 4.69) is 0 Å². The summed E-state index contributed by atoms with van der Waals surface area (Å²) in [6.07, 6.45) is -3.81. The van der Waals surface area contributed by atoms with Gasteiger partial charge in [-0.15, -0.1) is 0 Å². The second-order valence-corrected chi connectivity index (χ2v) is 12.5. The Labute approximate surface area is 239 Å². The van der Waals surface area contributed by atoms with Gasteiger partial charge in [0.15, 0.2) is 10.1 Å². The number of hydrogen-bond donors (Lipinski definition) is 1. The van der Waals surface area contributed by atoms with E-state index in [1.165, 1.54) is 0 Å². The van der Waals surface area contributed by atoms with E-state index in [9.17, 15) is 44.5 Å². The summed E-state index contributed by atoms with van der Waals surface area (Å²) in [5.41, 5.74) is -1.13. The van der Waals surface area contributed by atoms with Gasteiger partial charge >= 0.3 is 17.4 Å². The Bertz CT molecular complexity index is 1080. The third-order valence-electron chi connectivity index (χ3n) is 4.55. The normalized spacial score (nSPS) is 16.5. The maximum atomic E-state index is 13.9. The van der Waals surface area contributed by atoms with E-state index >= 15 is 0 Å². The number of benzene rings is 1. The zero-order valence-electron chi connectivity index (χ0n) is 15.7. The van der Waals surface area contributed by atoms with Crippen LogP contribution in [0, 0.1) is 14.3 Å². The van der Waals surface area contributed by atoms with Crippen molar-refractivity contribution in [2.45, 2.75) is 49.3 Å². The lowest BCUT2D eigenvalue weighted by atomic mass is 10.1. The molecule has 17 heteroatoms. The van der Waals surface area contributed by atoms with Crippen molar-refractivity contribution in [3.63, 3.8) is 0 Å². The maximum absolute atomic E-state index is 13.9. The summed E-state index contributed by atoms with van der Waals surface area (Å²) < 4.78 is 106. The van der Waals surface area contributed by atoms with E-state index in [-0.39, 0.29) is 7.14 Å². The molecule has 1 N–H and O–H groups in total. The number of carbonyl (C=O) groups excluding carboxylic acids is 2. The highest BCUT2D eigenvalue weighted by Crippen LogP contribution is 2.38. The Morgan fingerprint density at radius 2 is 1.39 bits per heavy atom. The first kappa shape index (κ1) is 29.9. The lowest BCUT2D eigenvalue weighted by Crippen LogP contribution is -2.59. The summed E-state index contributed by atoms with van der Waals surface area (Å²) in [5.74, 6) is -2.84. The molecule has 0 heterocycles. The monoisotopic (exact) mass is 948 g/mol. The fraction of sp³-hybridized carbons (Fsp3) is 0.500. The summed E-state index contributed by atoms with van der Waals surface area (Å²) in [4.78, 5) is 25.7. The Kier molecular flexibility index (Phi) is 9.91. The zero-order chi connectivity index (χ0) is 25.5. The maximum Gasteiger partial charge on any atom is 0.415 e. The highest BCUT2D eigenvalue weighted by atomic mass is 127. The molecule has 1 aromatic rings. The Morgan fingerprint density at radius 1 is 0.939 bits per heavy atom. The molecule has 0 bridgehead atoms. The molecule has 1 fully saturated rings. The molecule has 0 aliphatic heterocycles. The van der Waals surface area contributed by atoms with Crippen LogP contribution < -0.4 is 5.32 Å². The Balaban J connectivity index is 2.61. The molecule has 1 unspecified atom stereocenters. The summed E-state index contributed by atoms with van der Waals surface area (Å²) in [6, 6.07) is -4.34. The van der Waals surface area contributed by atoms with Crippen molar-refractivity contribution >= 4 is 112 Å². The van der Waals surface area contributed by atoms with Crippen molar-refractivity contribution in [3.05, 3.63) is 25.4 Å². The van der Waals surface area contributed by atoms with Crippen molar-refractivity contribution in [2.75, 3.05) is 0 Å². The summed E-state index contributed by atoms with van der Waals surface area (Å²) in [5, 5.41) is -4.99. The average Bonchev–Trinajstić information content (AvgIpc) is 3.17. The van der Waals surface area contributed by atoms with Gasteiger partial charge in [-0.25, -0.2) is 13.2 Å². The molecule has 1 aromatic carbocycles. The van der Waals surface area contributed by atoms with Crippen molar-refractivity contribution < 1.29 is 49.2 Å². The van der Waals surface area contributed by atoms with Crippen LogP contribution in [0.2, 0.25) is 0 Å². The summed E-state index contributed by atoms with van der Waals surface area (Å²) in [7, 11) is -6.80. The van der Waals surface area contributed by atoms with Gasteiger partial charge in [0.05, 0.1) is 11.1 Å². The molecule has 0 spiro atoms. The summed E-state index contributed by atoms with van der Waals surface area (Å²) >= 11 is 6.83. The van der Waals surface area contributed by atoms with Crippen molar-refractivity contribution in [1.29, 1.82) is 0 Å². The highest BCUT2D eigenvalue weighted by molar-refractivity contribution is 14.1. The minimum atomic E-state index is -6.80. The topological polar surface area (TPSA) is 113 Å². The third kappa shape index (κ3) is 6.50. The van der Waals surface area contributed by atoms with E-state index in [0.717, 1.165) is 18.2 Å². The number of nitrogens with one attached hydrogen (secondary N) is 1. The van der Waals surface area contributed by atoms with Gasteiger partial charge in [-0.05, 0) is 116 Å². The molecule has 7 nitrogen and oxygen atoms in total. The van der Waals surface area contributed by atoms with Crippen LogP contribution in [0.25, 0.3) is 0 Å². The number of alkyl halides is 5. The fourth-order valence-electron chi connectivity index (χ4n) is 2.96. The van der Waals surface area contributed by atoms with Crippen LogP contribution in [0.1, 0.15) is 46.4 Å². The lowest BCUT2D eigenvalue weighted by molar-refractivity contribution is -0.191. The van der Waals surface area contributed by atoms with Gasteiger partial charge in [-0.1, -0.05) is 0 Å². The Hall–Kier alpha value is 0.640. The van der Waals surface area contributed by atoms with Gasteiger partial charge in [-0.2, -0.15) is 22.0 Å². The van der Waals surface area contributed by atoms with Gasteiger partial charge in [-0.3, -0.25) is 4.79 Å². The predicted octanol–water partition coefficient (Wildman–Crippen LogP) is 5.00. The number of amides is 1. The first-order chi connectivity index (χ1) is 14.9. The van der Waals surface area contributed by atoms with Crippen LogP contribution >= 0.6 is 90.4 Å². The van der Waals surface area contributed by atoms with Gasteiger partial charge in [0.1, 0.15) is 6.10 Å². The van der Waals surface area contributed by atoms with Crippen LogP contribution in [0.15, 0.2) is 0 Å². The third-order valence-corrected chi connectivity index (χ3v) is 12.9. The van der Waals surface area contributed by atoms with Gasteiger partial charge < -0.3 is 14.6 Å². The van der Waals surface area contributed by atoms with Crippen LogP contribution in [0.5, 0.6) is 0 Å². The van der Waals surface area contributed by atoms with Gasteiger partial charge in [0, 0.05) is 14.3 Å². The molecule has 186 valence electrons. The summed E-state index contributed by atoms with van der Waals surface area (Å²) in [6.45, 7) is 0. The highest BCUT2D eigenvalue weighted by Gasteiger charge is 2.61. The molecular weight excluding hydrogens is 937 g/mol. The van der Waals surface area contributed by atoms with E-state index < -0.39 is 56.7 Å².